The smallest absolute Gasteiger partial charge is 0.187 e. The number of halogens is 1. The van der Waals surface area contributed by atoms with Crippen molar-refractivity contribution in [1.82, 2.24) is 0 Å². The van der Waals surface area contributed by atoms with E-state index in [1.807, 2.05) is 48.5 Å². The van der Waals surface area contributed by atoms with Crippen molar-refractivity contribution in [3.05, 3.63) is 126 Å². The Morgan fingerprint density at radius 3 is 1.46 bits per heavy atom. The highest BCUT2D eigenvalue weighted by Crippen LogP contribution is 2.50. The average Bonchev–Trinajstić information content (AvgIpc) is 3.37. The summed E-state index contributed by atoms with van der Waals surface area (Å²) in [4.78, 5) is 3.38. The molecule has 6 aromatic rings. The van der Waals surface area contributed by atoms with Crippen molar-refractivity contribution >= 4 is 41.4 Å². The Kier molecular flexibility index (Phi) is 7.17. The highest BCUT2D eigenvalue weighted by molar-refractivity contribution is 7.85. The number of hydrogen-bond donors (Lipinski definition) is 0. The van der Waals surface area contributed by atoms with Gasteiger partial charge in [-0.1, -0.05) is 78.4 Å². The van der Waals surface area contributed by atoms with Crippen molar-refractivity contribution in [2.45, 2.75) is 30.6 Å². The molecule has 4 heteroatoms. The van der Waals surface area contributed by atoms with Crippen LogP contribution in [0.1, 0.15) is 16.7 Å². The molecule has 0 saturated carbocycles. The number of thiophene rings is 1. The van der Waals surface area contributed by atoms with Crippen LogP contribution in [0, 0.1) is 20.8 Å². The van der Waals surface area contributed by atoms with Gasteiger partial charge in [0.2, 0.25) is 0 Å². The topological polar surface area (TPSA) is 17.1 Å². The van der Waals surface area contributed by atoms with E-state index < -0.39 is 10.8 Å². The Morgan fingerprint density at radius 2 is 0.973 bits per heavy atom. The van der Waals surface area contributed by atoms with E-state index in [-0.39, 0.29) is 27.5 Å². The standard InChI is InChI=1S/C21H19S.C12H8OS.BrH/c1-14-12-15(2)21(16(3)13-14)22-19-10-6-4-8-17(19)18-9-5-7-11-20(18)22;13-14-11-7-3-1-5-9(11)10-6-2-4-8-12(10)14;/h4-13H,1-3H3;1-8H;1H/q+1;;/p-1. The summed E-state index contributed by atoms with van der Waals surface area (Å²) in [6.45, 7) is 6.70. The van der Waals surface area contributed by atoms with Crippen LogP contribution in [0.3, 0.4) is 0 Å². The van der Waals surface area contributed by atoms with Crippen LogP contribution in [-0.4, -0.2) is 4.21 Å². The van der Waals surface area contributed by atoms with Gasteiger partial charge in [-0.15, -0.1) is 0 Å². The minimum Gasteiger partial charge on any atom is -1.00 e. The van der Waals surface area contributed by atoms with Crippen LogP contribution in [0.25, 0.3) is 36.2 Å². The van der Waals surface area contributed by atoms with Crippen LogP contribution in [0.5, 0.6) is 0 Å². The second-order valence-corrected chi connectivity index (χ2v) is 12.6. The van der Waals surface area contributed by atoms with Gasteiger partial charge in [-0.2, -0.15) is 0 Å². The Hall–Kier alpha value is -3.05. The van der Waals surface area contributed by atoms with E-state index in [9.17, 15) is 4.21 Å². The maximum atomic E-state index is 12.0. The lowest BCUT2D eigenvalue weighted by molar-refractivity contribution is -0.00000805. The van der Waals surface area contributed by atoms with Crippen LogP contribution in [-0.2, 0) is 10.8 Å². The van der Waals surface area contributed by atoms with Gasteiger partial charge in [0, 0.05) is 32.4 Å². The minimum atomic E-state index is -0.973. The molecule has 2 heterocycles. The molecule has 1 aromatic heterocycles. The van der Waals surface area contributed by atoms with E-state index in [1.165, 1.54) is 41.8 Å². The van der Waals surface area contributed by atoms with Crippen molar-refractivity contribution in [3.63, 3.8) is 0 Å². The zero-order chi connectivity index (χ0) is 24.8. The molecule has 0 bridgehead atoms. The summed E-state index contributed by atoms with van der Waals surface area (Å²) < 4.78 is 14.9. The summed E-state index contributed by atoms with van der Waals surface area (Å²) in [6.07, 6.45) is 0. The van der Waals surface area contributed by atoms with Gasteiger partial charge >= 0.3 is 0 Å². The van der Waals surface area contributed by atoms with Gasteiger partial charge in [0.05, 0.1) is 20.6 Å². The molecule has 5 aromatic carbocycles. The third-order valence-electron chi connectivity index (χ3n) is 6.78. The summed E-state index contributed by atoms with van der Waals surface area (Å²) >= 11 is 0. The first kappa shape index (κ1) is 25.6. The summed E-state index contributed by atoms with van der Waals surface area (Å²) in [5.74, 6) is 0. The highest BCUT2D eigenvalue weighted by atomic mass is 79.9. The zero-order valence-electron chi connectivity index (χ0n) is 21.0. The number of fused-ring (bicyclic) bond motifs is 6. The maximum Gasteiger partial charge on any atom is 0.187 e. The van der Waals surface area contributed by atoms with E-state index >= 15 is 0 Å². The fourth-order valence-electron chi connectivity index (χ4n) is 5.38. The summed E-state index contributed by atoms with van der Waals surface area (Å²) in [5.41, 5.74) is 6.39. The van der Waals surface area contributed by atoms with E-state index in [0.29, 0.717) is 0 Å². The molecule has 7 rings (SSSR count). The van der Waals surface area contributed by atoms with E-state index in [2.05, 4.69) is 81.4 Å². The predicted molar refractivity (Wildman–Crippen MR) is 156 cm³/mol. The van der Waals surface area contributed by atoms with Crippen molar-refractivity contribution in [3.8, 4) is 16.0 Å². The Bertz CT molecular complexity index is 1670. The van der Waals surface area contributed by atoms with E-state index in [0.717, 1.165) is 20.9 Å². The molecule has 0 aliphatic carbocycles. The first-order valence-electron chi connectivity index (χ1n) is 12.2. The summed E-state index contributed by atoms with van der Waals surface area (Å²) in [5, 5.41) is 2.81. The molecule has 0 fully saturated rings. The lowest BCUT2D eigenvalue weighted by Crippen LogP contribution is -3.00. The first-order valence-corrected chi connectivity index (χ1v) is 14.5. The van der Waals surface area contributed by atoms with Crippen LogP contribution >= 0.6 is 10.5 Å². The zero-order valence-corrected chi connectivity index (χ0v) is 24.2. The van der Waals surface area contributed by atoms with E-state index in [4.69, 9.17) is 0 Å². The molecule has 0 amide bonds. The van der Waals surface area contributed by atoms with Crippen molar-refractivity contribution in [2.75, 3.05) is 0 Å². The first-order chi connectivity index (χ1) is 17.5. The molecule has 184 valence electrons. The Labute approximate surface area is 234 Å². The van der Waals surface area contributed by atoms with Gasteiger partial charge in [-0.25, -0.2) is 4.21 Å². The number of aryl methyl sites for hydroxylation is 3. The molecule has 0 unspecified atom stereocenters. The molecule has 0 N–H and O–H groups in total. The van der Waals surface area contributed by atoms with Crippen molar-refractivity contribution in [2.24, 2.45) is 0 Å². The van der Waals surface area contributed by atoms with Crippen LogP contribution < -0.4 is 17.0 Å². The third kappa shape index (κ3) is 4.37. The molecule has 1 aliphatic rings. The predicted octanol–water partition coefficient (Wildman–Crippen LogP) is 6.49. The third-order valence-corrected chi connectivity index (χ3v) is 10.9. The van der Waals surface area contributed by atoms with Gasteiger partial charge in [0.15, 0.2) is 14.3 Å². The Balaban J connectivity index is 0.000000161. The second-order valence-electron chi connectivity index (χ2n) is 9.29. The number of rotatable bonds is 1. The van der Waals surface area contributed by atoms with Gasteiger partial charge in [0.25, 0.3) is 0 Å². The molecule has 0 radical (unpaired) electrons. The van der Waals surface area contributed by atoms with Crippen LogP contribution in [0.4, 0.5) is 0 Å². The molecule has 37 heavy (non-hydrogen) atoms. The molecular weight excluding hydrogens is 556 g/mol. The molecular formula is C33H27BrOS2. The lowest BCUT2D eigenvalue weighted by atomic mass is 10.1. The lowest BCUT2D eigenvalue weighted by Gasteiger charge is -2.04. The molecule has 0 atom stereocenters. The maximum absolute atomic E-state index is 12.0. The average molecular weight is 584 g/mol. The highest BCUT2D eigenvalue weighted by Gasteiger charge is 2.26. The van der Waals surface area contributed by atoms with Gasteiger partial charge in [0.1, 0.15) is 0 Å². The van der Waals surface area contributed by atoms with Crippen LogP contribution in [0.2, 0.25) is 0 Å². The summed E-state index contributed by atoms with van der Waals surface area (Å²) in [7, 11) is -0.945. The summed E-state index contributed by atoms with van der Waals surface area (Å²) in [6, 6.07) is 38.2. The van der Waals surface area contributed by atoms with E-state index in [1.54, 1.807) is 0 Å². The van der Waals surface area contributed by atoms with Gasteiger partial charge < -0.3 is 17.0 Å². The monoisotopic (exact) mass is 582 g/mol. The van der Waals surface area contributed by atoms with Crippen molar-refractivity contribution in [1.29, 1.82) is 0 Å². The van der Waals surface area contributed by atoms with Crippen molar-refractivity contribution < 1.29 is 21.2 Å². The number of hydrogen-bond acceptors (Lipinski definition) is 1. The van der Waals surface area contributed by atoms with Gasteiger partial charge in [-0.3, -0.25) is 0 Å². The largest absolute Gasteiger partial charge is 1.00 e. The minimum absolute atomic E-state index is 0. The molecule has 0 saturated heterocycles. The van der Waals surface area contributed by atoms with Gasteiger partial charge in [-0.05, 0) is 68.3 Å². The number of benzene rings is 5. The molecule has 0 spiro atoms. The molecule has 1 aliphatic heterocycles. The fraction of sp³-hybridized carbons (Fsp3) is 0.0909. The quantitative estimate of drug-likeness (QED) is 0.202. The molecule has 1 nitrogen and oxygen atoms in total. The fourth-order valence-corrected chi connectivity index (χ4v) is 9.44. The van der Waals surface area contributed by atoms with Crippen LogP contribution in [0.15, 0.2) is 119 Å². The SMILES string of the molecule is Cc1cc(C)c(-[s+]2c3ccccc3c3ccccc32)c(C)c1.O=S1c2ccccc2-c2ccccc21.[Br-]. The normalized spacial score (nSPS) is 12.0. The second kappa shape index (κ2) is 10.4. The Morgan fingerprint density at radius 1 is 0.568 bits per heavy atom.